The van der Waals surface area contributed by atoms with Gasteiger partial charge in [0.2, 0.25) is 0 Å². The van der Waals surface area contributed by atoms with Crippen LogP contribution >= 0.6 is 0 Å². The number of hydrogen-bond acceptors (Lipinski definition) is 2. The summed E-state index contributed by atoms with van der Waals surface area (Å²) >= 11 is 0. The van der Waals surface area contributed by atoms with E-state index >= 15 is 0 Å². The predicted octanol–water partition coefficient (Wildman–Crippen LogP) is 2.83. The molecular weight excluding hydrogens is 226 g/mol. The summed E-state index contributed by atoms with van der Waals surface area (Å²) in [5, 5.41) is 9.19. The summed E-state index contributed by atoms with van der Waals surface area (Å²) in [5.41, 5.74) is 2.59. The summed E-state index contributed by atoms with van der Waals surface area (Å²) in [7, 11) is 0. The molecule has 0 aromatic heterocycles. The molecule has 2 aliphatic rings. The number of carboxylic acids is 1. The van der Waals surface area contributed by atoms with Gasteiger partial charge in [0.15, 0.2) is 0 Å². The van der Waals surface area contributed by atoms with Gasteiger partial charge in [0.1, 0.15) is 0 Å². The number of aliphatic carboxylic acids is 1. The van der Waals surface area contributed by atoms with Gasteiger partial charge in [0.05, 0.1) is 5.92 Å². The van der Waals surface area contributed by atoms with Gasteiger partial charge in [-0.1, -0.05) is 18.2 Å². The first-order valence-corrected chi connectivity index (χ1v) is 6.73. The average molecular weight is 245 g/mol. The van der Waals surface area contributed by atoms with E-state index in [2.05, 4.69) is 36.1 Å². The van der Waals surface area contributed by atoms with E-state index in [1.54, 1.807) is 0 Å². The van der Waals surface area contributed by atoms with Crippen molar-refractivity contribution in [2.45, 2.75) is 44.7 Å². The molecule has 0 amide bonds. The molecule has 0 radical (unpaired) electrons. The van der Waals surface area contributed by atoms with Gasteiger partial charge >= 0.3 is 5.97 Å². The van der Waals surface area contributed by atoms with Gasteiger partial charge in [-0.25, -0.2) is 0 Å². The lowest BCUT2D eigenvalue weighted by Gasteiger charge is -2.40. The van der Waals surface area contributed by atoms with Crippen LogP contribution in [0.3, 0.4) is 0 Å². The van der Waals surface area contributed by atoms with E-state index in [9.17, 15) is 9.90 Å². The second-order valence-electron chi connectivity index (χ2n) is 5.59. The highest BCUT2D eigenvalue weighted by atomic mass is 16.4. The highest BCUT2D eigenvalue weighted by Gasteiger charge is 2.43. The van der Waals surface area contributed by atoms with Crippen LogP contribution in [0.4, 0.5) is 5.69 Å². The highest BCUT2D eigenvalue weighted by molar-refractivity contribution is 5.71. The third-order valence-corrected chi connectivity index (χ3v) is 4.48. The molecule has 2 aliphatic heterocycles. The van der Waals surface area contributed by atoms with Gasteiger partial charge in [0.25, 0.3) is 0 Å². The van der Waals surface area contributed by atoms with Gasteiger partial charge in [-0.2, -0.15) is 0 Å². The molecule has 3 heteroatoms. The Hall–Kier alpha value is -1.51. The van der Waals surface area contributed by atoms with Crippen molar-refractivity contribution in [1.82, 2.24) is 0 Å². The van der Waals surface area contributed by atoms with Crippen molar-refractivity contribution in [3.63, 3.8) is 0 Å². The van der Waals surface area contributed by atoms with E-state index in [0.717, 1.165) is 25.7 Å². The van der Waals surface area contributed by atoms with Gasteiger partial charge in [-0.15, -0.1) is 0 Å². The minimum Gasteiger partial charge on any atom is -0.481 e. The summed E-state index contributed by atoms with van der Waals surface area (Å²) < 4.78 is 0. The predicted molar refractivity (Wildman–Crippen MR) is 70.8 cm³/mol. The zero-order valence-electron chi connectivity index (χ0n) is 10.7. The smallest absolute Gasteiger partial charge is 0.306 e. The summed E-state index contributed by atoms with van der Waals surface area (Å²) in [5.74, 6) is -0.751. The number of benzene rings is 1. The Labute approximate surface area is 107 Å². The van der Waals surface area contributed by atoms with Crippen molar-refractivity contribution >= 4 is 11.7 Å². The van der Waals surface area contributed by atoms with Crippen molar-refractivity contribution in [2.24, 2.45) is 5.92 Å². The van der Waals surface area contributed by atoms with Crippen molar-refractivity contribution < 1.29 is 9.90 Å². The Kier molecular flexibility index (Phi) is 2.77. The van der Waals surface area contributed by atoms with Crippen LogP contribution in [0.1, 0.15) is 31.2 Å². The van der Waals surface area contributed by atoms with Gasteiger partial charge < -0.3 is 10.0 Å². The molecule has 1 aromatic carbocycles. The molecule has 0 aliphatic carbocycles. The zero-order valence-corrected chi connectivity index (χ0v) is 10.7. The highest BCUT2D eigenvalue weighted by Crippen LogP contribution is 2.42. The van der Waals surface area contributed by atoms with Crippen LogP contribution in [0.25, 0.3) is 0 Å². The minimum absolute atomic E-state index is 0.136. The Morgan fingerprint density at radius 3 is 2.39 bits per heavy atom. The standard InChI is InChI=1S/C15H19NO2/c1-10-4-2-3-5-14(10)16-12-6-7-13(16)9-11(8-12)15(17)18/h2-5,11-13H,6-9H2,1H3,(H,17,18). The molecule has 2 unspecified atom stereocenters. The van der Waals surface area contributed by atoms with Gasteiger partial charge in [-0.05, 0) is 44.2 Å². The molecule has 96 valence electrons. The molecule has 2 bridgehead atoms. The number of nitrogens with zero attached hydrogens (tertiary/aromatic N) is 1. The molecule has 2 atom stereocenters. The largest absolute Gasteiger partial charge is 0.481 e. The summed E-state index contributed by atoms with van der Waals surface area (Å²) in [6.07, 6.45) is 3.89. The molecule has 3 rings (SSSR count). The first-order valence-electron chi connectivity index (χ1n) is 6.73. The molecule has 1 N–H and O–H groups in total. The zero-order chi connectivity index (χ0) is 12.7. The maximum Gasteiger partial charge on any atom is 0.306 e. The van der Waals surface area contributed by atoms with Crippen LogP contribution in [-0.4, -0.2) is 23.2 Å². The minimum atomic E-state index is -0.615. The van der Waals surface area contributed by atoms with Crippen LogP contribution in [0.2, 0.25) is 0 Å². The summed E-state index contributed by atoms with van der Waals surface area (Å²) in [6, 6.07) is 9.28. The SMILES string of the molecule is Cc1ccccc1N1C2CCC1CC(C(=O)O)C2. The molecule has 0 spiro atoms. The maximum atomic E-state index is 11.2. The van der Waals surface area contributed by atoms with Gasteiger partial charge in [-0.3, -0.25) is 4.79 Å². The monoisotopic (exact) mass is 245 g/mol. The lowest BCUT2D eigenvalue weighted by molar-refractivity contribution is -0.142. The number of fused-ring (bicyclic) bond motifs is 2. The van der Waals surface area contributed by atoms with Crippen molar-refractivity contribution in [3.05, 3.63) is 29.8 Å². The molecule has 2 fully saturated rings. The van der Waals surface area contributed by atoms with Crippen molar-refractivity contribution in [2.75, 3.05) is 4.90 Å². The van der Waals surface area contributed by atoms with Crippen LogP contribution in [0, 0.1) is 12.8 Å². The van der Waals surface area contributed by atoms with E-state index in [1.807, 2.05) is 0 Å². The second kappa shape index (κ2) is 4.30. The number of aryl methyl sites for hydroxylation is 1. The number of hydrogen-bond donors (Lipinski definition) is 1. The van der Waals surface area contributed by atoms with E-state index in [1.165, 1.54) is 11.3 Å². The molecular formula is C15H19NO2. The Balaban J connectivity index is 1.89. The quantitative estimate of drug-likeness (QED) is 0.871. The van der Waals surface area contributed by atoms with Crippen LogP contribution < -0.4 is 4.90 Å². The Bertz CT molecular complexity index is 457. The van der Waals surface area contributed by atoms with Crippen molar-refractivity contribution in [3.8, 4) is 0 Å². The normalized spacial score (nSPS) is 30.5. The number of anilines is 1. The Morgan fingerprint density at radius 1 is 1.22 bits per heavy atom. The van der Waals surface area contributed by atoms with Crippen LogP contribution in [0.15, 0.2) is 24.3 Å². The molecule has 3 nitrogen and oxygen atoms in total. The first kappa shape index (κ1) is 11.6. The van der Waals surface area contributed by atoms with E-state index in [4.69, 9.17) is 0 Å². The number of rotatable bonds is 2. The maximum absolute atomic E-state index is 11.2. The van der Waals surface area contributed by atoms with E-state index < -0.39 is 5.97 Å². The molecule has 2 saturated heterocycles. The first-order chi connectivity index (χ1) is 8.66. The second-order valence-corrected chi connectivity index (χ2v) is 5.59. The number of carboxylic acid groups (broad SMARTS) is 1. The lowest BCUT2D eigenvalue weighted by Crippen LogP contribution is -2.45. The van der Waals surface area contributed by atoms with Crippen molar-refractivity contribution in [1.29, 1.82) is 0 Å². The van der Waals surface area contributed by atoms with Crippen LogP contribution in [0.5, 0.6) is 0 Å². The molecule has 18 heavy (non-hydrogen) atoms. The fraction of sp³-hybridized carbons (Fsp3) is 0.533. The average Bonchev–Trinajstić information content (AvgIpc) is 2.60. The van der Waals surface area contributed by atoms with Gasteiger partial charge in [0, 0.05) is 17.8 Å². The lowest BCUT2D eigenvalue weighted by atomic mass is 9.90. The number of carbonyl (C=O) groups is 1. The third-order valence-electron chi connectivity index (χ3n) is 4.48. The topological polar surface area (TPSA) is 40.5 Å². The van der Waals surface area contributed by atoms with Crippen LogP contribution in [-0.2, 0) is 4.79 Å². The summed E-state index contributed by atoms with van der Waals surface area (Å²) in [6.45, 7) is 2.14. The third kappa shape index (κ3) is 1.78. The fourth-order valence-electron chi connectivity index (χ4n) is 3.63. The molecule has 0 saturated carbocycles. The molecule has 2 heterocycles. The number of para-hydroxylation sites is 1. The fourth-order valence-corrected chi connectivity index (χ4v) is 3.63. The van der Waals surface area contributed by atoms with E-state index in [-0.39, 0.29) is 5.92 Å². The summed E-state index contributed by atoms with van der Waals surface area (Å²) in [4.78, 5) is 13.6. The number of piperidine rings is 1. The Morgan fingerprint density at radius 2 is 1.83 bits per heavy atom. The van der Waals surface area contributed by atoms with E-state index in [0.29, 0.717) is 12.1 Å². The molecule has 1 aromatic rings.